The molecule has 1 heterocycles. The molecule has 24 heavy (non-hydrogen) atoms. The molecular formula is C19H21ClN2O2. The van der Waals surface area contributed by atoms with Crippen molar-refractivity contribution in [2.24, 2.45) is 0 Å². The van der Waals surface area contributed by atoms with Gasteiger partial charge in [-0.25, -0.2) is 4.98 Å². The van der Waals surface area contributed by atoms with E-state index in [1.54, 1.807) is 0 Å². The maximum Gasteiger partial charge on any atom is 0.180 e. The van der Waals surface area contributed by atoms with Crippen LogP contribution in [0.5, 0.6) is 11.5 Å². The average molecular weight is 345 g/mol. The third-order valence-electron chi connectivity index (χ3n) is 3.57. The number of aromatic nitrogens is 2. The lowest BCUT2D eigenvalue weighted by Crippen LogP contribution is -2.08. The summed E-state index contributed by atoms with van der Waals surface area (Å²) in [6.45, 7) is 8.45. The number of rotatable bonds is 5. The summed E-state index contributed by atoms with van der Waals surface area (Å²) >= 11 is 6.44. The Labute approximate surface area is 146 Å². The van der Waals surface area contributed by atoms with E-state index < -0.39 is 0 Å². The van der Waals surface area contributed by atoms with Crippen LogP contribution in [-0.4, -0.2) is 22.7 Å². The van der Waals surface area contributed by atoms with Crippen LogP contribution in [0.1, 0.15) is 26.3 Å². The standard InChI is InChI=1S/C19H21ClN2O2/c1-5-23-17-10-13(9-14(20)18(17)24-11(2)3)19-21-15-7-6-12(4)8-16(15)22-19/h6-11H,5H2,1-4H3,(H,21,22). The lowest BCUT2D eigenvalue weighted by Gasteiger charge is -2.16. The molecule has 0 aliphatic rings. The number of nitrogens with one attached hydrogen (secondary N) is 1. The molecule has 1 N–H and O–H groups in total. The molecule has 0 saturated carbocycles. The van der Waals surface area contributed by atoms with E-state index in [-0.39, 0.29) is 6.10 Å². The zero-order valence-electron chi connectivity index (χ0n) is 14.3. The molecule has 3 rings (SSSR count). The number of aryl methyl sites for hydroxylation is 1. The maximum atomic E-state index is 6.44. The highest BCUT2D eigenvalue weighted by Gasteiger charge is 2.16. The van der Waals surface area contributed by atoms with Gasteiger partial charge >= 0.3 is 0 Å². The summed E-state index contributed by atoms with van der Waals surface area (Å²) in [6, 6.07) is 9.90. The van der Waals surface area contributed by atoms with Gasteiger partial charge in [-0.1, -0.05) is 17.7 Å². The van der Waals surface area contributed by atoms with Crippen LogP contribution in [0, 0.1) is 6.92 Å². The van der Waals surface area contributed by atoms with E-state index in [1.165, 1.54) is 5.56 Å². The van der Waals surface area contributed by atoms with Gasteiger partial charge in [-0.2, -0.15) is 0 Å². The molecule has 2 aromatic carbocycles. The molecule has 0 radical (unpaired) electrons. The Bertz CT molecular complexity index is 871. The molecule has 5 heteroatoms. The normalized spacial score (nSPS) is 11.2. The van der Waals surface area contributed by atoms with Gasteiger partial charge in [0.2, 0.25) is 0 Å². The van der Waals surface area contributed by atoms with E-state index in [0.29, 0.717) is 23.1 Å². The van der Waals surface area contributed by atoms with Gasteiger partial charge in [-0.15, -0.1) is 0 Å². The first-order valence-corrected chi connectivity index (χ1v) is 8.45. The van der Waals surface area contributed by atoms with Gasteiger partial charge in [0.05, 0.1) is 28.8 Å². The number of hydrogen-bond donors (Lipinski definition) is 1. The van der Waals surface area contributed by atoms with Gasteiger partial charge in [0.25, 0.3) is 0 Å². The number of hydrogen-bond acceptors (Lipinski definition) is 3. The van der Waals surface area contributed by atoms with E-state index in [1.807, 2.05) is 45.0 Å². The van der Waals surface area contributed by atoms with Crippen LogP contribution >= 0.6 is 11.6 Å². The Morgan fingerprint density at radius 1 is 1.21 bits per heavy atom. The summed E-state index contributed by atoms with van der Waals surface area (Å²) in [7, 11) is 0. The van der Waals surface area contributed by atoms with Crippen LogP contribution < -0.4 is 9.47 Å². The van der Waals surface area contributed by atoms with E-state index in [4.69, 9.17) is 21.1 Å². The Morgan fingerprint density at radius 2 is 2.00 bits per heavy atom. The van der Waals surface area contributed by atoms with Crippen molar-refractivity contribution in [1.29, 1.82) is 0 Å². The SMILES string of the molecule is CCOc1cc(-c2nc3ccc(C)cc3[nH]2)cc(Cl)c1OC(C)C. The molecule has 0 atom stereocenters. The van der Waals surface area contributed by atoms with Crippen molar-refractivity contribution in [3.05, 3.63) is 40.9 Å². The van der Waals surface area contributed by atoms with E-state index in [2.05, 4.69) is 23.0 Å². The fourth-order valence-corrected chi connectivity index (χ4v) is 2.83. The minimum absolute atomic E-state index is 0.0155. The van der Waals surface area contributed by atoms with Gasteiger partial charge < -0.3 is 14.5 Å². The molecular weight excluding hydrogens is 324 g/mol. The topological polar surface area (TPSA) is 47.1 Å². The molecule has 0 aliphatic heterocycles. The number of halogens is 1. The molecule has 0 unspecified atom stereocenters. The number of fused-ring (bicyclic) bond motifs is 1. The predicted octanol–water partition coefficient (Wildman–Crippen LogP) is 5.38. The first-order chi connectivity index (χ1) is 11.5. The second-order valence-electron chi connectivity index (χ2n) is 5.99. The van der Waals surface area contributed by atoms with E-state index in [0.717, 1.165) is 22.4 Å². The van der Waals surface area contributed by atoms with Crippen molar-refractivity contribution in [3.63, 3.8) is 0 Å². The number of nitrogens with zero attached hydrogens (tertiary/aromatic N) is 1. The van der Waals surface area contributed by atoms with Crippen molar-refractivity contribution in [2.45, 2.75) is 33.8 Å². The van der Waals surface area contributed by atoms with Crippen LogP contribution in [0.2, 0.25) is 5.02 Å². The minimum atomic E-state index is 0.0155. The first kappa shape index (κ1) is 16.7. The maximum absolute atomic E-state index is 6.44. The highest BCUT2D eigenvalue weighted by molar-refractivity contribution is 6.32. The van der Waals surface area contributed by atoms with Crippen LogP contribution in [0.25, 0.3) is 22.4 Å². The van der Waals surface area contributed by atoms with E-state index >= 15 is 0 Å². The molecule has 0 amide bonds. The zero-order chi connectivity index (χ0) is 17.3. The largest absolute Gasteiger partial charge is 0.490 e. The van der Waals surface area contributed by atoms with Gasteiger partial charge in [-0.05, 0) is 57.5 Å². The molecule has 0 aliphatic carbocycles. The Hall–Kier alpha value is -2.20. The molecule has 4 nitrogen and oxygen atoms in total. The van der Waals surface area contributed by atoms with Crippen molar-refractivity contribution >= 4 is 22.6 Å². The Morgan fingerprint density at radius 3 is 2.71 bits per heavy atom. The van der Waals surface area contributed by atoms with Crippen molar-refractivity contribution < 1.29 is 9.47 Å². The van der Waals surface area contributed by atoms with Gasteiger partial charge in [0, 0.05) is 5.56 Å². The Kier molecular flexibility index (Phi) is 4.67. The van der Waals surface area contributed by atoms with Crippen LogP contribution in [-0.2, 0) is 0 Å². The highest BCUT2D eigenvalue weighted by atomic mass is 35.5. The monoisotopic (exact) mass is 344 g/mol. The number of aromatic amines is 1. The predicted molar refractivity (Wildman–Crippen MR) is 98.2 cm³/mol. The third-order valence-corrected chi connectivity index (χ3v) is 3.85. The van der Waals surface area contributed by atoms with E-state index in [9.17, 15) is 0 Å². The quantitative estimate of drug-likeness (QED) is 0.676. The molecule has 3 aromatic rings. The van der Waals surface area contributed by atoms with Crippen LogP contribution in [0.15, 0.2) is 30.3 Å². The smallest absolute Gasteiger partial charge is 0.180 e. The Balaban J connectivity index is 2.09. The number of H-pyrrole nitrogens is 1. The molecule has 0 spiro atoms. The average Bonchev–Trinajstić information content (AvgIpc) is 2.93. The fourth-order valence-electron chi connectivity index (χ4n) is 2.58. The molecule has 126 valence electrons. The van der Waals surface area contributed by atoms with Gasteiger partial charge in [0.1, 0.15) is 5.82 Å². The summed E-state index contributed by atoms with van der Waals surface area (Å²) < 4.78 is 11.5. The first-order valence-electron chi connectivity index (χ1n) is 8.07. The number of benzene rings is 2. The summed E-state index contributed by atoms with van der Waals surface area (Å²) in [5.74, 6) is 1.96. The third kappa shape index (κ3) is 3.34. The lowest BCUT2D eigenvalue weighted by atomic mass is 10.2. The zero-order valence-corrected chi connectivity index (χ0v) is 15.1. The molecule has 0 bridgehead atoms. The molecule has 0 saturated heterocycles. The van der Waals surface area contributed by atoms with Crippen molar-refractivity contribution in [2.75, 3.05) is 6.61 Å². The fraction of sp³-hybridized carbons (Fsp3) is 0.316. The highest BCUT2D eigenvalue weighted by Crippen LogP contribution is 2.40. The van der Waals surface area contributed by atoms with Gasteiger partial charge in [-0.3, -0.25) is 0 Å². The van der Waals surface area contributed by atoms with Gasteiger partial charge in [0.15, 0.2) is 11.5 Å². The van der Waals surface area contributed by atoms with Crippen LogP contribution in [0.3, 0.4) is 0 Å². The summed E-state index contributed by atoms with van der Waals surface area (Å²) in [5, 5.41) is 0.515. The summed E-state index contributed by atoms with van der Waals surface area (Å²) in [4.78, 5) is 7.99. The van der Waals surface area contributed by atoms with Crippen LogP contribution in [0.4, 0.5) is 0 Å². The summed E-state index contributed by atoms with van der Waals surface area (Å²) in [6.07, 6.45) is 0.0155. The molecule has 0 fully saturated rings. The molecule has 1 aromatic heterocycles. The number of ether oxygens (including phenoxy) is 2. The summed E-state index contributed by atoms with van der Waals surface area (Å²) in [5.41, 5.74) is 3.98. The second kappa shape index (κ2) is 6.73. The van der Waals surface area contributed by atoms with Crippen molar-refractivity contribution in [3.8, 4) is 22.9 Å². The van der Waals surface area contributed by atoms with Crippen molar-refractivity contribution in [1.82, 2.24) is 9.97 Å². The number of imidazole rings is 1. The lowest BCUT2D eigenvalue weighted by molar-refractivity contribution is 0.224. The second-order valence-corrected chi connectivity index (χ2v) is 6.40. The minimum Gasteiger partial charge on any atom is -0.490 e.